The number of hydrogen-bond donors (Lipinski definition) is 2. The predicted molar refractivity (Wildman–Crippen MR) is 78.3 cm³/mol. The van der Waals surface area contributed by atoms with Crippen molar-refractivity contribution in [2.24, 2.45) is 0 Å². The Balaban J connectivity index is 0.000000161. The van der Waals surface area contributed by atoms with Gasteiger partial charge in [0.1, 0.15) is 0 Å². The van der Waals surface area contributed by atoms with Crippen LogP contribution in [0.15, 0.2) is 30.9 Å². The van der Waals surface area contributed by atoms with Gasteiger partial charge in [-0.3, -0.25) is 4.40 Å². The average molecular weight is 259 g/mol. The van der Waals surface area contributed by atoms with Crippen molar-refractivity contribution in [1.82, 2.24) is 24.7 Å². The van der Waals surface area contributed by atoms with Gasteiger partial charge in [0.25, 0.3) is 0 Å². The van der Waals surface area contributed by atoms with Crippen molar-refractivity contribution in [3.63, 3.8) is 0 Å². The lowest BCUT2D eigenvalue weighted by molar-refractivity contribution is 0.857. The van der Waals surface area contributed by atoms with Gasteiger partial charge in [0.05, 0.1) is 11.7 Å². The highest BCUT2D eigenvalue weighted by molar-refractivity contribution is 5.73. The first-order valence-electron chi connectivity index (χ1n) is 6.91. The highest BCUT2D eigenvalue weighted by Gasteiger charge is 2.00. The molecule has 1 fully saturated rings. The maximum atomic E-state index is 4.20. The number of H-pyrrole nitrogens is 1. The van der Waals surface area contributed by atoms with Crippen LogP contribution in [0.4, 0.5) is 0 Å². The Morgan fingerprint density at radius 1 is 1.16 bits per heavy atom. The smallest absolute Gasteiger partial charge is 0.155 e. The molecule has 0 spiro atoms. The van der Waals surface area contributed by atoms with Gasteiger partial charge < -0.3 is 10.3 Å². The van der Waals surface area contributed by atoms with Crippen molar-refractivity contribution >= 4 is 16.8 Å². The van der Waals surface area contributed by atoms with Crippen LogP contribution in [-0.2, 0) is 0 Å². The van der Waals surface area contributed by atoms with E-state index < -0.39 is 0 Å². The minimum atomic E-state index is 0.877. The Morgan fingerprint density at radius 3 is 2.63 bits per heavy atom. The van der Waals surface area contributed by atoms with Crippen LogP contribution in [0, 0.1) is 0 Å². The largest absolute Gasteiger partial charge is 0.345 e. The summed E-state index contributed by atoms with van der Waals surface area (Å²) in [7, 11) is 0. The molecule has 0 saturated carbocycles. The second kappa shape index (κ2) is 6.89. The van der Waals surface area contributed by atoms with Crippen molar-refractivity contribution in [2.45, 2.75) is 26.7 Å². The molecule has 5 heteroatoms. The summed E-state index contributed by atoms with van der Waals surface area (Å²) in [5.41, 5.74) is 2.83. The van der Waals surface area contributed by atoms with Gasteiger partial charge in [-0.2, -0.15) is 0 Å². The van der Waals surface area contributed by atoms with E-state index in [0.29, 0.717) is 0 Å². The zero-order valence-corrected chi connectivity index (χ0v) is 11.6. The van der Waals surface area contributed by atoms with E-state index >= 15 is 0 Å². The number of nitrogens with zero attached hydrogens (tertiary/aromatic N) is 3. The first-order valence-corrected chi connectivity index (χ1v) is 6.91. The van der Waals surface area contributed by atoms with Crippen LogP contribution in [0.1, 0.15) is 26.7 Å². The van der Waals surface area contributed by atoms with Crippen molar-refractivity contribution < 1.29 is 0 Å². The Hall–Kier alpha value is -1.88. The summed E-state index contributed by atoms with van der Waals surface area (Å²) in [5.74, 6) is 0. The zero-order valence-electron chi connectivity index (χ0n) is 11.6. The summed E-state index contributed by atoms with van der Waals surface area (Å²) in [5, 5.41) is 3.22. The Morgan fingerprint density at radius 2 is 1.95 bits per heavy atom. The molecule has 0 atom stereocenters. The number of aromatic nitrogens is 4. The van der Waals surface area contributed by atoms with E-state index in [0.717, 1.165) is 16.8 Å². The maximum absolute atomic E-state index is 4.20. The van der Waals surface area contributed by atoms with Crippen LogP contribution < -0.4 is 5.32 Å². The number of aromatic amines is 1. The monoisotopic (exact) mass is 259 g/mol. The molecule has 0 aliphatic carbocycles. The van der Waals surface area contributed by atoms with Gasteiger partial charge in [0, 0.05) is 18.6 Å². The van der Waals surface area contributed by atoms with Gasteiger partial charge in [-0.25, -0.2) is 9.97 Å². The lowest BCUT2D eigenvalue weighted by atomic mass is 10.4. The average Bonchev–Trinajstić information content (AvgIpc) is 3.22. The Kier molecular flexibility index (Phi) is 4.92. The van der Waals surface area contributed by atoms with E-state index in [2.05, 4.69) is 20.3 Å². The highest BCUT2D eigenvalue weighted by atomic mass is 15.0. The first-order chi connectivity index (χ1) is 9.45. The zero-order chi connectivity index (χ0) is 13.5. The van der Waals surface area contributed by atoms with E-state index in [9.17, 15) is 0 Å². The summed E-state index contributed by atoms with van der Waals surface area (Å²) < 4.78 is 2.00. The molecular weight excluding hydrogens is 238 g/mol. The fraction of sp³-hybridized carbons (Fsp3) is 0.429. The van der Waals surface area contributed by atoms with Gasteiger partial charge >= 0.3 is 0 Å². The van der Waals surface area contributed by atoms with Crippen molar-refractivity contribution in [1.29, 1.82) is 0 Å². The second-order valence-electron chi connectivity index (χ2n) is 4.08. The minimum absolute atomic E-state index is 0.877. The molecular formula is C14H21N5. The molecule has 3 aromatic rings. The Labute approximate surface area is 113 Å². The fourth-order valence-electron chi connectivity index (χ4n) is 2.01. The van der Waals surface area contributed by atoms with Crippen molar-refractivity contribution in [3.8, 4) is 0 Å². The van der Waals surface area contributed by atoms with Gasteiger partial charge in [0.15, 0.2) is 11.3 Å². The molecule has 0 radical (unpaired) electrons. The molecule has 102 valence electrons. The number of rotatable bonds is 0. The molecule has 1 aliphatic heterocycles. The molecule has 5 nitrogen and oxygen atoms in total. The van der Waals surface area contributed by atoms with Gasteiger partial charge in [-0.15, -0.1) is 0 Å². The number of imidazole rings is 1. The summed E-state index contributed by atoms with van der Waals surface area (Å²) >= 11 is 0. The molecule has 4 heterocycles. The quantitative estimate of drug-likeness (QED) is 0.652. The predicted octanol–water partition coefficient (Wildman–Crippen LogP) is 2.61. The van der Waals surface area contributed by atoms with Crippen LogP contribution >= 0.6 is 0 Å². The molecule has 19 heavy (non-hydrogen) atoms. The SMILES string of the molecule is C1CCNC1.CC.c1cn2c(cnc3[nH]ccc32)n1. The van der Waals surface area contributed by atoms with Crippen LogP contribution in [0.25, 0.3) is 16.8 Å². The molecule has 1 aliphatic rings. The van der Waals surface area contributed by atoms with Crippen molar-refractivity contribution in [2.75, 3.05) is 13.1 Å². The molecule has 0 bridgehead atoms. The van der Waals surface area contributed by atoms with Crippen LogP contribution in [0.5, 0.6) is 0 Å². The number of hydrogen-bond acceptors (Lipinski definition) is 3. The van der Waals surface area contributed by atoms with Gasteiger partial charge in [-0.05, 0) is 32.0 Å². The first kappa shape index (κ1) is 13.5. The number of nitrogens with one attached hydrogen (secondary N) is 2. The standard InChI is InChI=1S/C8H6N4.C4H9N.C2H6/c1-2-10-8-6(1)12-4-3-9-7(12)5-11-8;1-2-4-5-3-1;1-2/h1-5,10H;5H,1-4H2;1-2H3. The van der Waals surface area contributed by atoms with E-state index in [-0.39, 0.29) is 0 Å². The van der Waals surface area contributed by atoms with Gasteiger partial charge in [-0.1, -0.05) is 13.8 Å². The molecule has 0 amide bonds. The molecule has 1 saturated heterocycles. The maximum Gasteiger partial charge on any atom is 0.155 e. The molecule has 2 N–H and O–H groups in total. The second-order valence-corrected chi connectivity index (χ2v) is 4.08. The summed E-state index contributed by atoms with van der Waals surface area (Å²) in [6.45, 7) is 6.50. The Bertz CT molecular complexity index is 549. The van der Waals surface area contributed by atoms with Gasteiger partial charge in [0.2, 0.25) is 0 Å². The van der Waals surface area contributed by atoms with Crippen LogP contribution in [0.2, 0.25) is 0 Å². The number of fused-ring (bicyclic) bond motifs is 3. The fourth-order valence-corrected chi connectivity index (χ4v) is 2.01. The van der Waals surface area contributed by atoms with E-state index in [1.807, 2.05) is 36.7 Å². The third-order valence-electron chi connectivity index (χ3n) is 2.90. The highest BCUT2D eigenvalue weighted by Crippen LogP contribution is 2.10. The van der Waals surface area contributed by atoms with Crippen molar-refractivity contribution in [3.05, 3.63) is 30.9 Å². The lowest BCUT2D eigenvalue weighted by Crippen LogP contribution is -2.03. The summed E-state index contributed by atoms with van der Waals surface area (Å²) in [4.78, 5) is 11.4. The lowest BCUT2D eigenvalue weighted by Gasteiger charge is -1.93. The molecule has 0 aromatic carbocycles. The molecule has 0 unspecified atom stereocenters. The molecule has 4 rings (SSSR count). The molecule has 3 aromatic heterocycles. The van der Waals surface area contributed by atoms with E-state index in [1.54, 1.807) is 12.4 Å². The van der Waals surface area contributed by atoms with Crippen LogP contribution in [-0.4, -0.2) is 32.4 Å². The summed E-state index contributed by atoms with van der Waals surface area (Å²) in [6.07, 6.45) is 10.1. The van der Waals surface area contributed by atoms with E-state index in [4.69, 9.17) is 0 Å². The normalized spacial score (nSPS) is 13.8. The third kappa shape index (κ3) is 3.12. The topological polar surface area (TPSA) is 58.0 Å². The third-order valence-corrected chi connectivity index (χ3v) is 2.90. The minimum Gasteiger partial charge on any atom is -0.345 e. The van der Waals surface area contributed by atoms with Crippen LogP contribution in [0.3, 0.4) is 0 Å². The summed E-state index contributed by atoms with van der Waals surface area (Å²) in [6, 6.07) is 1.98. The van der Waals surface area contributed by atoms with E-state index in [1.165, 1.54) is 25.9 Å².